The van der Waals surface area contributed by atoms with Crippen molar-refractivity contribution in [2.75, 3.05) is 7.11 Å². The molecule has 1 saturated heterocycles. The molecule has 1 fully saturated rings. The molecule has 0 aliphatic carbocycles. The first-order valence-electron chi connectivity index (χ1n) is 6.72. The van der Waals surface area contributed by atoms with Crippen molar-refractivity contribution in [1.82, 2.24) is 0 Å². The smallest absolute Gasteiger partial charge is 0.353 e. The Morgan fingerprint density at radius 1 is 1.29 bits per heavy atom. The fourth-order valence-corrected chi connectivity index (χ4v) is 2.38. The summed E-state index contributed by atoms with van der Waals surface area (Å²) in [6.07, 6.45) is -0.494. The molecule has 0 unspecified atom stereocenters. The number of cyclic esters (lactones) is 1. The highest BCUT2D eigenvalue weighted by Gasteiger charge is 2.59. The lowest BCUT2D eigenvalue weighted by Gasteiger charge is -2.47. The van der Waals surface area contributed by atoms with Gasteiger partial charge in [0.1, 0.15) is 6.10 Å². The van der Waals surface area contributed by atoms with Gasteiger partial charge in [-0.05, 0) is 13.8 Å². The number of carbonyl (C=O) groups excluding carboxylic acids is 3. The van der Waals surface area contributed by atoms with E-state index in [9.17, 15) is 14.4 Å². The number of hydrogen-bond donors (Lipinski definition) is 0. The largest absolute Gasteiger partial charge is 0.447 e. The Morgan fingerprint density at radius 3 is 2.19 bits per heavy atom. The number of hydrogen-bond acceptors (Lipinski definition) is 7. The van der Waals surface area contributed by atoms with Crippen molar-refractivity contribution in [3.8, 4) is 0 Å². The first-order chi connectivity index (χ1) is 9.57. The highest BCUT2D eigenvalue weighted by Crippen LogP contribution is 2.41. The van der Waals surface area contributed by atoms with E-state index < -0.39 is 41.3 Å². The van der Waals surface area contributed by atoms with Gasteiger partial charge < -0.3 is 18.9 Å². The monoisotopic (exact) mass is 302 g/mol. The maximum absolute atomic E-state index is 12.3. The van der Waals surface area contributed by atoms with E-state index in [-0.39, 0.29) is 6.42 Å². The Bertz CT molecular complexity index is 447. The zero-order chi connectivity index (χ0) is 16.4. The van der Waals surface area contributed by atoms with Gasteiger partial charge in [0.25, 0.3) is 5.79 Å². The zero-order valence-corrected chi connectivity index (χ0v) is 13.2. The molecule has 0 N–H and O–H groups in total. The van der Waals surface area contributed by atoms with E-state index in [2.05, 4.69) is 0 Å². The molecule has 21 heavy (non-hydrogen) atoms. The molecule has 0 amide bonds. The van der Waals surface area contributed by atoms with Crippen LogP contribution in [-0.2, 0) is 33.3 Å². The Morgan fingerprint density at radius 2 is 1.81 bits per heavy atom. The molecular formula is C14H22O7. The number of methoxy groups -OCH3 is 1. The van der Waals surface area contributed by atoms with Crippen LogP contribution < -0.4 is 0 Å². The van der Waals surface area contributed by atoms with Crippen molar-refractivity contribution in [2.45, 2.75) is 58.5 Å². The minimum atomic E-state index is -1.52. The Balaban J connectivity index is 3.13. The molecule has 0 bridgehead atoms. The number of esters is 3. The minimum Gasteiger partial charge on any atom is -0.447 e. The summed E-state index contributed by atoms with van der Waals surface area (Å²) in [4.78, 5) is 34.9. The third-order valence-electron chi connectivity index (χ3n) is 3.85. The molecule has 1 heterocycles. The fourth-order valence-electron chi connectivity index (χ4n) is 2.38. The van der Waals surface area contributed by atoms with Crippen LogP contribution in [0, 0.1) is 5.92 Å². The SMILES string of the molecule is CO[C@H](C)[C@@]1(OC(C)=O)C[C@@H](C)[C@](C)(OC(C)=O)C(=O)O1. The van der Waals surface area contributed by atoms with E-state index >= 15 is 0 Å². The van der Waals surface area contributed by atoms with E-state index in [4.69, 9.17) is 18.9 Å². The predicted octanol–water partition coefficient (Wildman–Crippen LogP) is 1.19. The second-order valence-corrected chi connectivity index (χ2v) is 5.48. The van der Waals surface area contributed by atoms with E-state index in [0.29, 0.717) is 0 Å². The Labute approximate surface area is 123 Å². The van der Waals surface area contributed by atoms with Gasteiger partial charge in [-0.3, -0.25) is 9.59 Å². The summed E-state index contributed by atoms with van der Waals surface area (Å²) in [7, 11) is 1.42. The van der Waals surface area contributed by atoms with E-state index in [1.54, 1.807) is 13.8 Å². The van der Waals surface area contributed by atoms with Crippen LogP contribution in [0.4, 0.5) is 0 Å². The van der Waals surface area contributed by atoms with Crippen LogP contribution in [0.3, 0.4) is 0 Å². The third kappa shape index (κ3) is 3.34. The van der Waals surface area contributed by atoms with Gasteiger partial charge in [0, 0.05) is 33.3 Å². The van der Waals surface area contributed by atoms with Gasteiger partial charge in [-0.2, -0.15) is 0 Å². The summed E-state index contributed by atoms with van der Waals surface area (Å²) in [6, 6.07) is 0. The molecule has 7 heteroatoms. The second-order valence-electron chi connectivity index (χ2n) is 5.48. The lowest BCUT2D eigenvalue weighted by Crippen LogP contribution is -2.62. The van der Waals surface area contributed by atoms with Crippen LogP contribution >= 0.6 is 0 Å². The minimum absolute atomic E-state index is 0.164. The fraction of sp³-hybridized carbons (Fsp3) is 0.786. The van der Waals surface area contributed by atoms with Gasteiger partial charge in [-0.1, -0.05) is 6.92 Å². The molecular weight excluding hydrogens is 280 g/mol. The van der Waals surface area contributed by atoms with E-state index in [1.165, 1.54) is 27.9 Å². The molecule has 120 valence electrons. The van der Waals surface area contributed by atoms with Crippen molar-refractivity contribution >= 4 is 17.9 Å². The summed E-state index contributed by atoms with van der Waals surface area (Å²) >= 11 is 0. The third-order valence-corrected chi connectivity index (χ3v) is 3.85. The summed E-state index contributed by atoms with van der Waals surface area (Å²) in [5.74, 6) is -3.87. The average Bonchev–Trinajstić information content (AvgIpc) is 2.33. The molecule has 0 aromatic rings. The van der Waals surface area contributed by atoms with Gasteiger partial charge >= 0.3 is 17.9 Å². The average molecular weight is 302 g/mol. The van der Waals surface area contributed by atoms with Crippen LogP contribution in [0.5, 0.6) is 0 Å². The van der Waals surface area contributed by atoms with E-state index in [0.717, 1.165) is 0 Å². The molecule has 0 aromatic heterocycles. The van der Waals surface area contributed by atoms with Crippen molar-refractivity contribution in [2.24, 2.45) is 5.92 Å². The zero-order valence-electron chi connectivity index (χ0n) is 13.2. The second kappa shape index (κ2) is 6.01. The lowest BCUT2D eigenvalue weighted by atomic mass is 9.80. The van der Waals surface area contributed by atoms with Crippen LogP contribution in [0.15, 0.2) is 0 Å². The quantitative estimate of drug-likeness (QED) is 0.720. The van der Waals surface area contributed by atoms with Crippen LogP contribution in [0.25, 0.3) is 0 Å². The van der Waals surface area contributed by atoms with Gasteiger partial charge in [0.15, 0.2) is 0 Å². The number of rotatable bonds is 4. The lowest BCUT2D eigenvalue weighted by molar-refractivity contribution is -0.297. The Hall–Kier alpha value is -1.63. The summed E-state index contributed by atoms with van der Waals surface area (Å²) in [5, 5.41) is 0. The molecule has 0 saturated carbocycles. The summed E-state index contributed by atoms with van der Waals surface area (Å²) < 4.78 is 20.9. The van der Waals surface area contributed by atoms with Crippen molar-refractivity contribution in [1.29, 1.82) is 0 Å². The maximum atomic E-state index is 12.3. The topological polar surface area (TPSA) is 88.1 Å². The summed E-state index contributed by atoms with van der Waals surface area (Å²) in [6.45, 7) is 7.29. The highest BCUT2D eigenvalue weighted by atomic mass is 16.8. The normalized spacial score (nSPS) is 33.8. The van der Waals surface area contributed by atoms with Gasteiger partial charge in [0.05, 0.1) is 0 Å². The number of carbonyl (C=O) groups is 3. The van der Waals surface area contributed by atoms with Gasteiger partial charge in [-0.25, -0.2) is 4.79 Å². The molecule has 7 nitrogen and oxygen atoms in total. The molecule has 0 radical (unpaired) electrons. The summed E-state index contributed by atoms with van der Waals surface area (Å²) in [5.41, 5.74) is -1.41. The van der Waals surface area contributed by atoms with Crippen LogP contribution in [0.2, 0.25) is 0 Å². The van der Waals surface area contributed by atoms with Gasteiger partial charge in [0.2, 0.25) is 5.60 Å². The molecule has 4 atom stereocenters. The number of ether oxygens (including phenoxy) is 4. The molecule has 0 spiro atoms. The maximum Gasteiger partial charge on any atom is 0.353 e. The molecule has 1 aliphatic heterocycles. The van der Waals surface area contributed by atoms with Gasteiger partial charge in [-0.15, -0.1) is 0 Å². The standard InChI is InChI=1S/C14H22O7/c1-8-7-14(9(2)18-6,20-11(4)16)21-12(17)13(8,5)19-10(3)15/h8-9H,7H2,1-6H3/t8-,9-,13+,14-/m1/s1. The van der Waals surface area contributed by atoms with Crippen molar-refractivity contribution in [3.63, 3.8) is 0 Å². The first kappa shape index (κ1) is 17.4. The predicted molar refractivity (Wildman–Crippen MR) is 71.0 cm³/mol. The van der Waals surface area contributed by atoms with Crippen LogP contribution in [0.1, 0.15) is 41.0 Å². The molecule has 0 aromatic carbocycles. The van der Waals surface area contributed by atoms with Crippen molar-refractivity contribution < 1.29 is 33.3 Å². The molecule has 1 rings (SSSR count). The Kier molecular flexibility index (Phi) is 4.99. The first-order valence-corrected chi connectivity index (χ1v) is 6.72. The van der Waals surface area contributed by atoms with Crippen molar-refractivity contribution in [3.05, 3.63) is 0 Å². The molecule has 1 aliphatic rings. The highest BCUT2D eigenvalue weighted by molar-refractivity contribution is 5.84. The van der Waals surface area contributed by atoms with Crippen LogP contribution in [-0.4, -0.2) is 42.5 Å². The van der Waals surface area contributed by atoms with E-state index in [1.807, 2.05) is 0 Å².